The molecule has 1 aliphatic carbocycles. The quantitative estimate of drug-likeness (QED) is 0.670. The number of halogens is 3. The smallest absolute Gasteiger partial charge is 0.332 e. The molecule has 174 valence electrons. The third-order valence-electron chi connectivity index (χ3n) is 6.53. The van der Waals surface area contributed by atoms with E-state index in [1.807, 2.05) is 13.8 Å². The molecule has 0 radical (unpaired) electrons. The number of rotatable bonds is 3. The summed E-state index contributed by atoms with van der Waals surface area (Å²) in [6, 6.07) is 3.09. The van der Waals surface area contributed by atoms with Crippen LogP contribution in [0.5, 0.6) is 0 Å². The van der Waals surface area contributed by atoms with Gasteiger partial charge in [-0.25, -0.2) is 4.98 Å². The van der Waals surface area contributed by atoms with Crippen molar-refractivity contribution < 1.29 is 18.0 Å². The number of nitrogens with zero attached hydrogens (tertiary/aromatic N) is 4. The molecule has 0 aromatic carbocycles. The van der Waals surface area contributed by atoms with Gasteiger partial charge in [0.25, 0.3) is 11.5 Å². The summed E-state index contributed by atoms with van der Waals surface area (Å²) >= 11 is 1.57. The molecule has 2 aromatic rings. The van der Waals surface area contributed by atoms with Crippen LogP contribution in [0.4, 0.5) is 13.2 Å². The Hall–Kier alpha value is -2.75. The van der Waals surface area contributed by atoms with Gasteiger partial charge < -0.3 is 14.0 Å². The topological polar surface area (TPSA) is 60.1 Å². The van der Waals surface area contributed by atoms with E-state index in [1.54, 1.807) is 52.0 Å². The molecule has 3 aliphatic rings. The highest BCUT2D eigenvalue weighted by Gasteiger charge is 2.42. The van der Waals surface area contributed by atoms with Crippen molar-refractivity contribution in [1.29, 1.82) is 0 Å². The van der Waals surface area contributed by atoms with Crippen molar-refractivity contribution in [1.82, 2.24) is 19.0 Å². The monoisotopic (exact) mass is 476 g/mol. The lowest BCUT2D eigenvalue weighted by molar-refractivity contribution is -0.0951. The van der Waals surface area contributed by atoms with Gasteiger partial charge in [-0.1, -0.05) is 12.2 Å². The molecule has 6 nitrogen and oxygen atoms in total. The zero-order chi connectivity index (χ0) is 23.5. The van der Waals surface area contributed by atoms with E-state index in [9.17, 15) is 22.8 Å². The van der Waals surface area contributed by atoms with E-state index < -0.39 is 11.7 Å². The van der Waals surface area contributed by atoms with Crippen LogP contribution in [-0.2, 0) is 6.54 Å². The molecule has 4 heterocycles. The van der Waals surface area contributed by atoms with Crippen LogP contribution in [-0.4, -0.2) is 48.9 Å². The number of amides is 1. The zero-order valence-electron chi connectivity index (χ0n) is 18.2. The molecular formula is C23H23F3N4O2S. The zero-order valence-corrected chi connectivity index (χ0v) is 19.0. The third kappa shape index (κ3) is 3.94. The van der Waals surface area contributed by atoms with Gasteiger partial charge in [-0.05, 0) is 49.6 Å². The molecular weight excluding hydrogens is 453 g/mol. The summed E-state index contributed by atoms with van der Waals surface area (Å²) in [6.45, 7) is 4.54. The SMILES string of the molecule is Cc1cn(-c2ccc3n(c2=O)C[C@@H](C)N(CC2CC4CC(C(F)(F)F)=CC=C4S2)C3=O)cn1. The molecule has 5 rings (SSSR count). The van der Waals surface area contributed by atoms with Crippen LogP contribution >= 0.6 is 11.8 Å². The number of carbonyl (C=O) groups is 1. The van der Waals surface area contributed by atoms with Gasteiger partial charge in [-0.3, -0.25) is 9.59 Å². The standard InChI is InChI=1S/C23H23F3N4O2S/c1-13-9-28(12-27-13)18-4-5-19-22(32)29(14(2)10-30(19)21(18)31)11-17-8-15-7-16(23(24,25)26)3-6-20(15)33-17/h3-6,9,12,14-15,17H,7-8,10-11H2,1-2H3/t14-,15?,17?/m1/s1. The Kier molecular flexibility index (Phi) is 5.30. The van der Waals surface area contributed by atoms with Gasteiger partial charge in [0, 0.05) is 36.2 Å². The first-order valence-electron chi connectivity index (χ1n) is 10.8. The Morgan fingerprint density at radius 2 is 2.00 bits per heavy atom. The first-order valence-corrected chi connectivity index (χ1v) is 11.7. The van der Waals surface area contributed by atoms with Gasteiger partial charge in [0.2, 0.25) is 0 Å². The highest BCUT2D eigenvalue weighted by molar-refractivity contribution is 8.04. The lowest BCUT2D eigenvalue weighted by atomic mass is 9.90. The van der Waals surface area contributed by atoms with Gasteiger partial charge in [-0.15, -0.1) is 11.8 Å². The maximum atomic E-state index is 13.3. The molecule has 33 heavy (non-hydrogen) atoms. The number of aryl methyl sites for hydroxylation is 1. The third-order valence-corrected chi connectivity index (χ3v) is 7.95. The molecule has 1 fully saturated rings. The summed E-state index contributed by atoms with van der Waals surface area (Å²) in [5.74, 6) is -0.370. The molecule has 1 amide bonds. The van der Waals surface area contributed by atoms with Crippen molar-refractivity contribution in [2.75, 3.05) is 6.54 Å². The van der Waals surface area contributed by atoms with E-state index in [0.717, 1.165) is 10.6 Å². The molecule has 2 unspecified atom stereocenters. The maximum absolute atomic E-state index is 13.3. The Morgan fingerprint density at radius 3 is 2.70 bits per heavy atom. The van der Waals surface area contributed by atoms with Gasteiger partial charge in [0.05, 0.1) is 12.0 Å². The van der Waals surface area contributed by atoms with E-state index in [4.69, 9.17) is 0 Å². The second-order valence-electron chi connectivity index (χ2n) is 8.88. The first kappa shape index (κ1) is 22.1. The van der Waals surface area contributed by atoms with Gasteiger partial charge in [0.1, 0.15) is 11.4 Å². The van der Waals surface area contributed by atoms with Crippen LogP contribution in [0.25, 0.3) is 5.69 Å². The maximum Gasteiger partial charge on any atom is 0.412 e. The Morgan fingerprint density at radius 1 is 1.21 bits per heavy atom. The van der Waals surface area contributed by atoms with Crippen LogP contribution in [0.2, 0.25) is 0 Å². The van der Waals surface area contributed by atoms with Gasteiger partial charge in [-0.2, -0.15) is 13.2 Å². The number of fused-ring (bicyclic) bond motifs is 2. The number of thioether (sulfide) groups is 1. The average molecular weight is 477 g/mol. The number of allylic oxidation sites excluding steroid dienone is 4. The molecule has 0 saturated carbocycles. The summed E-state index contributed by atoms with van der Waals surface area (Å²) in [5.41, 5.74) is 0.816. The fourth-order valence-corrected chi connectivity index (χ4v) is 6.31. The second kappa shape index (κ2) is 7.93. The van der Waals surface area contributed by atoms with E-state index in [1.165, 1.54) is 10.6 Å². The fourth-order valence-electron chi connectivity index (χ4n) is 4.84. The predicted molar refractivity (Wildman–Crippen MR) is 119 cm³/mol. The van der Waals surface area contributed by atoms with Gasteiger partial charge in [0.15, 0.2) is 0 Å². The minimum atomic E-state index is -4.30. The number of pyridine rings is 1. The summed E-state index contributed by atoms with van der Waals surface area (Å²) in [4.78, 5) is 33.2. The van der Waals surface area contributed by atoms with Crippen molar-refractivity contribution >= 4 is 17.7 Å². The highest BCUT2D eigenvalue weighted by Crippen LogP contribution is 2.49. The average Bonchev–Trinajstić information content (AvgIpc) is 3.36. The minimum absolute atomic E-state index is 0.00292. The van der Waals surface area contributed by atoms with Crippen LogP contribution in [0, 0.1) is 12.8 Å². The number of carbonyl (C=O) groups excluding carboxylic acids is 1. The van der Waals surface area contributed by atoms with Crippen molar-refractivity contribution in [2.24, 2.45) is 5.92 Å². The van der Waals surface area contributed by atoms with Crippen molar-refractivity contribution in [2.45, 2.75) is 50.7 Å². The number of hydrogen-bond acceptors (Lipinski definition) is 4. The molecule has 0 spiro atoms. The minimum Gasteiger partial charge on any atom is -0.332 e. The van der Waals surface area contributed by atoms with E-state index >= 15 is 0 Å². The molecule has 10 heteroatoms. The normalized spacial score (nSPS) is 24.9. The summed E-state index contributed by atoms with van der Waals surface area (Å²) < 4.78 is 42.4. The molecule has 2 aromatic heterocycles. The van der Waals surface area contributed by atoms with Crippen LogP contribution < -0.4 is 5.56 Å². The summed E-state index contributed by atoms with van der Waals surface area (Å²) in [6.07, 6.45) is 2.39. The van der Waals surface area contributed by atoms with Gasteiger partial charge >= 0.3 is 6.18 Å². The van der Waals surface area contributed by atoms with Crippen molar-refractivity contribution in [3.05, 3.63) is 69.0 Å². The van der Waals surface area contributed by atoms with E-state index in [2.05, 4.69) is 4.98 Å². The lowest BCUT2D eigenvalue weighted by Gasteiger charge is -2.36. The largest absolute Gasteiger partial charge is 0.412 e. The fraction of sp³-hybridized carbons (Fsp3) is 0.435. The number of alkyl halides is 3. The number of aromatic nitrogens is 3. The molecule has 3 atom stereocenters. The van der Waals surface area contributed by atoms with Crippen molar-refractivity contribution in [3.8, 4) is 5.69 Å². The van der Waals surface area contributed by atoms with E-state index in [0.29, 0.717) is 30.9 Å². The Labute approximate surface area is 192 Å². The van der Waals surface area contributed by atoms with Crippen LogP contribution in [0.1, 0.15) is 35.9 Å². The summed E-state index contributed by atoms with van der Waals surface area (Å²) in [5, 5.41) is 0.0279. The van der Waals surface area contributed by atoms with Crippen molar-refractivity contribution in [3.63, 3.8) is 0 Å². The number of hydrogen-bond donors (Lipinski definition) is 0. The number of imidazole rings is 1. The van der Waals surface area contributed by atoms with Crippen LogP contribution in [0.3, 0.4) is 0 Å². The predicted octanol–water partition coefficient (Wildman–Crippen LogP) is 4.08. The highest BCUT2D eigenvalue weighted by atomic mass is 32.2. The molecule has 1 saturated heterocycles. The Bertz CT molecular complexity index is 1240. The second-order valence-corrected chi connectivity index (χ2v) is 10.3. The summed E-state index contributed by atoms with van der Waals surface area (Å²) in [7, 11) is 0. The molecule has 0 bridgehead atoms. The first-order chi connectivity index (χ1) is 15.6. The van der Waals surface area contributed by atoms with Crippen LogP contribution in [0.15, 0.2) is 52.1 Å². The Balaban J connectivity index is 1.33. The van der Waals surface area contributed by atoms with E-state index in [-0.39, 0.29) is 35.1 Å². The molecule has 2 aliphatic heterocycles. The molecule has 0 N–H and O–H groups in total. The lowest BCUT2D eigenvalue weighted by Crippen LogP contribution is -2.51.